The summed E-state index contributed by atoms with van der Waals surface area (Å²) in [6.07, 6.45) is 1.61. The van der Waals surface area contributed by atoms with Gasteiger partial charge in [0.1, 0.15) is 12.4 Å². The zero-order chi connectivity index (χ0) is 19.2. The van der Waals surface area contributed by atoms with Gasteiger partial charge in [-0.3, -0.25) is 15.0 Å². The van der Waals surface area contributed by atoms with Crippen molar-refractivity contribution in [2.75, 3.05) is 6.61 Å². The maximum absolute atomic E-state index is 13.1. The third kappa shape index (κ3) is 4.72. The second-order valence-corrected chi connectivity index (χ2v) is 6.71. The van der Waals surface area contributed by atoms with Gasteiger partial charge < -0.3 is 4.74 Å². The van der Waals surface area contributed by atoms with Crippen molar-refractivity contribution in [2.24, 2.45) is 0 Å². The van der Waals surface area contributed by atoms with Crippen LogP contribution in [0.3, 0.4) is 0 Å². The van der Waals surface area contributed by atoms with Gasteiger partial charge in [0.15, 0.2) is 0 Å². The fourth-order valence-electron chi connectivity index (χ4n) is 2.32. The van der Waals surface area contributed by atoms with Crippen LogP contribution in [0.5, 0.6) is 5.75 Å². The number of nitrogens with one attached hydrogen (secondary N) is 1. The molecule has 0 saturated heterocycles. The van der Waals surface area contributed by atoms with E-state index in [1.54, 1.807) is 54.6 Å². The molecule has 5 nitrogen and oxygen atoms in total. The zero-order valence-corrected chi connectivity index (χ0v) is 15.4. The number of nitrogens with zero attached hydrogens (tertiary/aromatic N) is 1. The molecule has 0 aliphatic rings. The minimum Gasteiger partial charge on any atom is -0.489 e. The highest BCUT2D eigenvalue weighted by molar-refractivity contribution is 6.00. The van der Waals surface area contributed by atoms with Crippen molar-refractivity contribution in [1.29, 1.82) is 0 Å². The summed E-state index contributed by atoms with van der Waals surface area (Å²) in [5.41, 5.74) is 2.94. The number of ether oxygens (including phenoxy) is 1. The summed E-state index contributed by atoms with van der Waals surface area (Å²) in [6.45, 7) is 9.46. The normalized spacial score (nSPS) is 10.7. The lowest BCUT2D eigenvalue weighted by Crippen LogP contribution is -2.55. The van der Waals surface area contributed by atoms with E-state index in [4.69, 9.17) is 4.74 Å². The number of benzene rings is 2. The summed E-state index contributed by atoms with van der Waals surface area (Å²) in [4.78, 5) is 25.7. The van der Waals surface area contributed by atoms with E-state index in [9.17, 15) is 9.59 Å². The van der Waals surface area contributed by atoms with E-state index in [1.165, 1.54) is 5.01 Å². The van der Waals surface area contributed by atoms with Gasteiger partial charge in [-0.05, 0) is 45.0 Å². The lowest BCUT2D eigenvalue weighted by Gasteiger charge is -2.35. The molecule has 2 aromatic rings. The lowest BCUT2D eigenvalue weighted by molar-refractivity contribution is 0.0355. The number of carbonyl (C=O) groups is 2. The summed E-state index contributed by atoms with van der Waals surface area (Å²) in [5, 5.41) is 1.33. The van der Waals surface area contributed by atoms with Crippen LogP contribution in [-0.2, 0) is 0 Å². The lowest BCUT2D eigenvalue weighted by atomic mass is 10.1. The summed E-state index contributed by atoms with van der Waals surface area (Å²) in [5.74, 6) is -0.250. The highest BCUT2D eigenvalue weighted by Gasteiger charge is 2.31. The van der Waals surface area contributed by atoms with Crippen molar-refractivity contribution in [2.45, 2.75) is 26.3 Å². The van der Waals surface area contributed by atoms with Crippen molar-refractivity contribution >= 4 is 11.8 Å². The number of hydrazine groups is 1. The standard InChI is InChI=1S/C21H24N2O3/c1-5-15-26-18-14-10-9-13-17(18)20(25)23(21(2,3)4)22-19(24)16-11-7-6-8-12-16/h5-14H,1,15H2,2-4H3,(H,22,24). The van der Waals surface area contributed by atoms with Crippen molar-refractivity contribution in [3.8, 4) is 5.75 Å². The van der Waals surface area contributed by atoms with Crippen LogP contribution in [0.2, 0.25) is 0 Å². The van der Waals surface area contributed by atoms with Gasteiger partial charge in [-0.2, -0.15) is 0 Å². The summed E-state index contributed by atoms with van der Waals surface area (Å²) >= 11 is 0. The Morgan fingerprint density at radius 1 is 1.08 bits per heavy atom. The molecule has 5 heteroatoms. The van der Waals surface area contributed by atoms with Gasteiger partial charge in [-0.25, -0.2) is 5.01 Å². The second-order valence-electron chi connectivity index (χ2n) is 6.71. The quantitative estimate of drug-likeness (QED) is 0.657. The maximum Gasteiger partial charge on any atom is 0.276 e. The Bertz CT molecular complexity index is 779. The highest BCUT2D eigenvalue weighted by atomic mass is 16.5. The topological polar surface area (TPSA) is 58.6 Å². The van der Waals surface area contributed by atoms with Gasteiger partial charge in [0.2, 0.25) is 0 Å². The molecule has 0 aliphatic carbocycles. The Morgan fingerprint density at radius 3 is 2.31 bits per heavy atom. The first-order valence-corrected chi connectivity index (χ1v) is 8.38. The molecule has 0 saturated carbocycles. The number of hydrogen-bond donors (Lipinski definition) is 1. The van der Waals surface area contributed by atoms with Gasteiger partial charge >= 0.3 is 0 Å². The predicted molar refractivity (Wildman–Crippen MR) is 102 cm³/mol. The molecule has 1 N–H and O–H groups in total. The van der Waals surface area contributed by atoms with Crippen LogP contribution < -0.4 is 10.2 Å². The first kappa shape index (κ1) is 19.2. The number of para-hydroxylation sites is 1. The molecule has 26 heavy (non-hydrogen) atoms. The number of amides is 2. The molecule has 2 aromatic carbocycles. The van der Waals surface area contributed by atoms with Crippen LogP contribution in [0.4, 0.5) is 0 Å². The Morgan fingerprint density at radius 2 is 1.69 bits per heavy atom. The van der Waals surface area contributed by atoms with Gasteiger partial charge in [0.25, 0.3) is 11.8 Å². The monoisotopic (exact) mass is 352 g/mol. The van der Waals surface area contributed by atoms with E-state index in [2.05, 4.69) is 12.0 Å². The molecule has 0 aromatic heterocycles. The van der Waals surface area contributed by atoms with Crippen molar-refractivity contribution in [3.63, 3.8) is 0 Å². The van der Waals surface area contributed by atoms with Crippen molar-refractivity contribution < 1.29 is 14.3 Å². The van der Waals surface area contributed by atoms with E-state index in [0.29, 0.717) is 16.9 Å². The van der Waals surface area contributed by atoms with Crippen LogP contribution in [0.15, 0.2) is 67.3 Å². The molecule has 0 spiro atoms. The average molecular weight is 352 g/mol. The zero-order valence-electron chi connectivity index (χ0n) is 15.4. The molecule has 2 amide bonds. The number of rotatable bonds is 5. The molecule has 0 aliphatic heterocycles. The molecule has 0 bridgehead atoms. The largest absolute Gasteiger partial charge is 0.489 e. The molecule has 0 heterocycles. The minimum atomic E-state index is -0.632. The van der Waals surface area contributed by atoms with Gasteiger partial charge in [0, 0.05) is 5.56 Å². The molecular formula is C21H24N2O3. The highest BCUT2D eigenvalue weighted by Crippen LogP contribution is 2.23. The van der Waals surface area contributed by atoms with Crippen LogP contribution in [0, 0.1) is 0 Å². The van der Waals surface area contributed by atoms with E-state index in [0.717, 1.165) is 0 Å². The SMILES string of the molecule is C=CCOc1ccccc1C(=O)N(NC(=O)c1ccccc1)C(C)(C)C. The van der Waals surface area contributed by atoms with Gasteiger partial charge in [-0.15, -0.1) is 0 Å². The Balaban J connectivity index is 2.32. The summed E-state index contributed by atoms with van der Waals surface area (Å²) in [6, 6.07) is 15.7. The Hall–Kier alpha value is -3.08. The van der Waals surface area contributed by atoms with Crippen LogP contribution in [0.25, 0.3) is 0 Å². The molecule has 0 atom stereocenters. The van der Waals surface area contributed by atoms with E-state index in [-0.39, 0.29) is 18.4 Å². The fraction of sp³-hybridized carbons (Fsp3) is 0.238. The molecule has 0 unspecified atom stereocenters. The van der Waals surface area contributed by atoms with E-state index < -0.39 is 5.54 Å². The molecule has 136 valence electrons. The molecule has 2 rings (SSSR count). The minimum absolute atomic E-state index is 0.288. The third-order valence-electron chi connectivity index (χ3n) is 3.60. The molecule has 0 radical (unpaired) electrons. The van der Waals surface area contributed by atoms with Crippen LogP contribution in [-0.4, -0.2) is 29.0 Å². The Kier molecular flexibility index (Phi) is 6.17. The van der Waals surface area contributed by atoms with Gasteiger partial charge in [-0.1, -0.05) is 43.0 Å². The van der Waals surface area contributed by atoms with Crippen LogP contribution in [0.1, 0.15) is 41.5 Å². The van der Waals surface area contributed by atoms with Crippen molar-refractivity contribution in [1.82, 2.24) is 10.4 Å². The van der Waals surface area contributed by atoms with Gasteiger partial charge in [0.05, 0.1) is 11.1 Å². The smallest absolute Gasteiger partial charge is 0.276 e. The fourth-order valence-corrected chi connectivity index (χ4v) is 2.32. The molecule has 0 fully saturated rings. The van der Waals surface area contributed by atoms with E-state index >= 15 is 0 Å². The average Bonchev–Trinajstić information content (AvgIpc) is 2.63. The first-order valence-electron chi connectivity index (χ1n) is 8.38. The number of carbonyl (C=O) groups excluding carboxylic acids is 2. The Labute approximate surface area is 154 Å². The van der Waals surface area contributed by atoms with E-state index in [1.807, 2.05) is 26.8 Å². The second kappa shape index (κ2) is 8.34. The molecular weight excluding hydrogens is 328 g/mol. The maximum atomic E-state index is 13.1. The predicted octanol–water partition coefficient (Wildman–Crippen LogP) is 3.84. The number of hydrogen-bond acceptors (Lipinski definition) is 3. The summed E-state index contributed by atoms with van der Waals surface area (Å²) in [7, 11) is 0. The van der Waals surface area contributed by atoms with Crippen molar-refractivity contribution in [3.05, 3.63) is 78.4 Å². The summed E-state index contributed by atoms with van der Waals surface area (Å²) < 4.78 is 5.58. The third-order valence-corrected chi connectivity index (χ3v) is 3.60. The first-order chi connectivity index (χ1) is 12.3. The van der Waals surface area contributed by atoms with Crippen LogP contribution >= 0.6 is 0 Å².